The van der Waals surface area contributed by atoms with E-state index in [0.717, 1.165) is 22.2 Å². The highest BCUT2D eigenvalue weighted by Gasteiger charge is 2.34. The molecular formula is C29H36F3N3O4. The number of carbonyl (C=O) groups excluding carboxylic acids is 1. The van der Waals surface area contributed by atoms with Gasteiger partial charge in [0, 0.05) is 54.0 Å². The van der Waals surface area contributed by atoms with E-state index in [1.807, 2.05) is 45.9 Å². The Labute approximate surface area is 226 Å². The van der Waals surface area contributed by atoms with Crippen LogP contribution in [0.25, 0.3) is 22.2 Å². The molecule has 7 nitrogen and oxygen atoms in total. The van der Waals surface area contributed by atoms with Gasteiger partial charge < -0.3 is 23.7 Å². The number of aromatic nitrogens is 2. The van der Waals surface area contributed by atoms with Crippen LogP contribution in [-0.2, 0) is 32.0 Å². The molecular weight excluding hydrogens is 511 g/mol. The van der Waals surface area contributed by atoms with E-state index in [1.165, 1.54) is 4.57 Å². The summed E-state index contributed by atoms with van der Waals surface area (Å²) in [5.74, 6) is 0. The highest BCUT2D eigenvalue weighted by Crippen LogP contribution is 2.43. The third-order valence-corrected chi connectivity index (χ3v) is 7.11. The number of ether oxygens (including phenoxy) is 3. The van der Waals surface area contributed by atoms with Gasteiger partial charge in [0.2, 0.25) is 0 Å². The Kier molecular flexibility index (Phi) is 8.56. The Morgan fingerprint density at radius 2 is 1.90 bits per heavy atom. The number of aryl methyl sites for hydroxylation is 1. The van der Waals surface area contributed by atoms with Crippen molar-refractivity contribution in [1.82, 2.24) is 9.55 Å². The molecule has 0 bridgehead atoms. The number of rotatable bonds is 10. The number of nitrogens with zero attached hydrogens (tertiary/aromatic N) is 3. The second kappa shape index (κ2) is 11.6. The molecule has 10 heteroatoms. The van der Waals surface area contributed by atoms with Crippen LogP contribution in [0, 0.1) is 12.3 Å². The highest BCUT2D eigenvalue weighted by molar-refractivity contribution is 5.94. The van der Waals surface area contributed by atoms with Gasteiger partial charge in [-0.1, -0.05) is 13.8 Å². The molecule has 1 unspecified atom stereocenters. The SMILES string of the molecule is COC(C)c1ncc(C)cc1-c1c(CC(C)(C)COC=O)c2cc(N3CCOCC3)ccc2n1CC(F)(F)F. The second-order valence-electron chi connectivity index (χ2n) is 10.9. The number of morpholine rings is 1. The molecule has 1 atom stereocenters. The van der Waals surface area contributed by atoms with Gasteiger partial charge in [0.15, 0.2) is 0 Å². The van der Waals surface area contributed by atoms with Crippen LogP contribution in [0.3, 0.4) is 0 Å². The van der Waals surface area contributed by atoms with E-state index < -0.39 is 24.2 Å². The van der Waals surface area contributed by atoms with Crippen molar-refractivity contribution in [3.8, 4) is 11.3 Å². The van der Waals surface area contributed by atoms with Crippen LogP contribution in [0.15, 0.2) is 30.5 Å². The van der Waals surface area contributed by atoms with Crippen molar-refractivity contribution >= 4 is 23.1 Å². The number of anilines is 1. The number of carbonyl (C=O) groups is 1. The van der Waals surface area contributed by atoms with Crippen LogP contribution in [0.5, 0.6) is 0 Å². The van der Waals surface area contributed by atoms with Gasteiger partial charge in [-0.15, -0.1) is 0 Å². The predicted molar refractivity (Wildman–Crippen MR) is 144 cm³/mol. The Morgan fingerprint density at radius 3 is 2.54 bits per heavy atom. The standard InChI is InChI=1S/C29H36F3N3O4/c1-19-12-23(26(33-15-19)20(2)37-5)27-24(14-28(3,4)17-39-18-36)22-13-21(34-8-10-38-11-9-34)6-7-25(22)35(27)16-29(30,31)32/h6-7,12-13,15,18,20H,8-11,14,16-17H2,1-5H3. The maximum absolute atomic E-state index is 14.1. The normalized spacial score (nSPS) is 15.5. The summed E-state index contributed by atoms with van der Waals surface area (Å²) in [5, 5.41) is 0.731. The number of fused-ring (bicyclic) bond motifs is 1. The van der Waals surface area contributed by atoms with Crippen molar-refractivity contribution in [2.45, 2.75) is 52.9 Å². The lowest BCUT2D eigenvalue weighted by atomic mass is 9.84. The summed E-state index contributed by atoms with van der Waals surface area (Å²) >= 11 is 0. The molecule has 1 saturated heterocycles. The van der Waals surface area contributed by atoms with Crippen LogP contribution >= 0.6 is 0 Å². The first-order valence-electron chi connectivity index (χ1n) is 13.0. The van der Waals surface area contributed by atoms with Crippen molar-refractivity contribution in [2.75, 3.05) is 44.9 Å². The van der Waals surface area contributed by atoms with Crippen LogP contribution < -0.4 is 4.90 Å². The smallest absolute Gasteiger partial charge is 0.406 e. The van der Waals surface area contributed by atoms with Gasteiger partial charge in [-0.2, -0.15) is 13.2 Å². The highest BCUT2D eigenvalue weighted by atomic mass is 19.4. The van der Waals surface area contributed by atoms with Crippen LogP contribution in [-0.4, -0.2) is 62.2 Å². The zero-order valence-electron chi connectivity index (χ0n) is 23.1. The fourth-order valence-electron chi connectivity index (χ4n) is 5.25. The predicted octanol–water partition coefficient (Wildman–Crippen LogP) is 5.86. The lowest BCUT2D eigenvalue weighted by Gasteiger charge is -2.29. The van der Waals surface area contributed by atoms with Gasteiger partial charge in [0.25, 0.3) is 6.47 Å². The van der Waals surface area contributed by atoms with E-state index in [1.54, 1.807) is 19.4 Å². The summed E-state index contributed by atoms with van der Waals surface area (Å²) in [6.45, 7) is 9.52. The molecule has 2 aromatic heterocycles. The fourth-order valence-corrected chi connectivity index (χ4v) is 5.25. The molecule has 39 heavy (non-hydrogen) atoms. The topological polar surface area (TPSA) is 65.8 Å². The third-order valence-electron chi connectivity index (χ3n) is 7.11. The Balaban J connectivity index is 2.05. The zero-order chi connectivity index (χ0) is 28.4. The lowest BCUT2D eigenvalue weighted by molar-refractivity contribution is -0.139. The van der Waals surface area contributed by atoms with E-state index in [4.69, 9.17) is 14.2 Å². The summed E-state index contributed by atoms with van der Waals surface area (Å²) < 4.78 is 59.9. The quantitative estimate of drug-likeness (QED) is 0.296. The number of methoxy groups -OCH3 is 1. The third kappa shape index (κ3) is 6.55. The minimum absolute atomic E-state index is 0.123. The first-order chi connectivity index (χ1) is 18.4. The summed E-state index contributed by atoms with van der Waals surface area (Å²) in [6.07, 6.45) is -2.83. The number of hydrogen-bond donors (Lipinski definition) is 0. The molecule has 3 aromatic rings. The number of benzene rings is 1. The Hall–Kier alpha value is -3.11. The largest absolute Gasteiger partial charge is 0.467 e. The number of halogens is 3. The molecule has 4 rings (SSSR count). The van der Waals surface area contributed by atoms with Crippen molar-refractivity contribution in [3.63, 3.8) is 0 Å². The van der Waals surface area contributed by atoms with Crippen LogP contribution in [0.2, 0.25) is 0 Å². The Morgan fingerprint density at radius 1 is 1.18 bits per heavy atom. The van der Waals surface area contributed by atoms with Gasteiger partial charge in [0.05, 0.1) is 37.3 Å². The summed E-state index contributed by atoms with van der Waals surface area (Å²) in [7, 11) is 1.55. The molecule has 1 aliphatic rings. The van der Waals surface area contributed by atoms with Gasteiger partial charge >= 0.3 is 6.18 Å². The van der Waals surface area contributed by atoms with Crippen LogP contribution in [0.4, 0.5) is 18.9 Å². The van der Waals surface area contributed by atoms with E-state index >= 15 is 0 Å². The summed E-state index contributed by atoms with van der Waals surface area (Å²) in [4.78, 5) is 17.8. The molecule has 0 saturated carbocycles. The average Bonchev–Trinajstić information content (AvgIpc) is 3.17. The van der Waals surface area contributed by atoms with Gasteiger partial charge in [-0.25, -0.2) is 0 Å². The van der Waals surface area contributed by atoms with Crippen molar-refractivity contribution in [3.05, 3.63) is 47.3 Å². The molecule has 0 spiro atoms. The van der Waals surface area contributed by atoms with E-state index in [2.05, 4.69) is 9.88 Å². The number of pyridine rings is 1. The molecule has 212 valence electrons. The van der Waals surface area contributed by atoms with Gasteiger partial charge in [0.1, 0.15) is 6.54 Å². The first-order valence-corrected chi connectivity index (χ1v) is 13.0. The van der Waals surface area contributed by atoms with Crippen molar-refractivity contribution in [1.29, 1.82) is 0 Å². The second-order valence-corrected chi connectivity index (χ2v) is 10.9. The maximum atomic E-state index is 14.1. The molecule has 0 N–H and O–H groups in total. The van der Waals surface area contributed by atoms with E-state index in [-0.39, 0.29) is 6.61 Å². The maximum Gasteiger partial charge on any atom is 0.406 e. The summed E-state index contributed by atoms with van der Waals surface area (Å²) in [6, 6.07) is 7.50. The van der Waals surface area contributed by atoms with E-state index in [0.29, 0.717) is 61.7 Å². The molecule has 0 radical (unpaired) electrons. The van der Waals surface area contributed by atoms with Crippen LogP contribution in [0.1, 0.15) is 43.7 Å². The molecule has 3 heterocycles. The molecule has 0 aliphatic carbocycles. The van der Waals surface area contributed by atoms with E-state index in [9.17, 15) is 18.0 Å². The Bertz CT molecular complexity index is 1310. The van der Waals surface area contributed by atoms with Crippen molar-refractivity contribution in [2.24, 2.45) is 5.41 Å². The minimum Gasteiger partial charge on any atom is -0.467 e. The lowest BCUT2D eigenvalue weighted by Crippen LogP contribution is -2.36. The fraction of sp³-hybridized carbons (Fsp3) is 0.517. The molecule has 0 amide bonds. The summed E-state index contributed by atoms with van der Waals surface area (Å²) in [5.41, 5.74) is 4.05. The van der Waals surface area contributed by atoms with Gasteiger partial charge in [-0.05, 0) is 55.7 Å². The zero-order valence-corrected chi connectivity index (χ0v) is 23.1. The number of hydrogen-bond acceptors (Lipinski definition) is 6. The molecule has 1 fully saturated rings. The average molecular weight is 548 g/mol. The molecule has 1 aliphatic heterocycles. The monoisotopic (exact) mass is 547 g/mol. The number of alkyl halides is 3. The van der Waals surface area contributed by atoms with Crippen molar-refractivity contribution < 1.29 is 32.2 Å². The molecule has 1 aromatic carbocycles. The first kappa shape index (κ1) is 28.9. The van der Waals surface area contributed by atoms with Gasteiger partial charge in [-0.3, -0.25) is 9.78 Å². The minimum atomic E-state index is -4.46.